The van der Waals surface area contributed by atoms with E-state index < -0.39 is 0 Å². The molecule has 0 aliphatic carbocycles. The summed E-state index contributed by atoms with van der Waals surface area (Å²) in [7, 11) is 0. The SMILES string of the molecule is Cc1cc(C)cc(N(c2ccc3c(c2)oc2cc4c(cc23)oc2cc3c(cc24)oc2cc(N(c4cc(C)cc(C)c4)c4ccc5oc6ccccc6c5c4)ccc23)c2ccc3oc4ccccc4c3c2)c1. The van der Waals surface area contributed by atoms with Crippen molar-refractivity contribution in [3.63, 3.8) is 0 Å². The second kappa shape index (κ2) is 14.7. The van der Waals surface area contributed by atoms with Gasteiger partial charge in [0.1, 0.15) is 55.8 Å². The molecule has 338 valence electrons. The lowest BCUT2D eigenvalue weighted by molar-refractivity contribution is 0.662. The molecule has 0 spiro atoms. The zero-order valence-electron chi connectivity index (χ0n) is 39.3. The van der Waals surface area contributed by atoms with E-state index in [0.29, 0.717) is 0 Å². The summed E-state index contributed by atoms with van der Waals surface area (Å²) in [5.74, 6) is 0. The summed E-state index contributed by atoms with van der Waals surface area (Å²) in [5.41, 5.74) is 19.2. The van der Waals surface area contributed by atoms with Gasteiger partial charge in [-0.25, -0.2) is 0 Å². The molecule has 10 aromatic carbocycles. The zero-order valence-corrected chi connectivity index (χ0v) is 39.3. The Kier molecular flexibility index (Phi) is 8.21. The van der Waals surface area contributed by atoms with Crippen molar-refractivity contribution in [1.29, 1.82) is 0 Å². The first-order valence-electron chi connectivity index (χ1n) is 24.0. The second-order valence-corrected chi connectivity index (χ2v) is 19.3. The Balaban J connectivity index is 0.837. The van der Waals surface area contributed by atoms with Crippen LogP contribution in [-0.2, 0) is 0 Å². The highest BCUT2D eigenvalue weighted by molar-refractivity contribution is 6.19. The normalized spacial score (nSPS) is 12.2. The maximum atomic E-state index is 6.79. The Labute approximate surface area is 405 Å². The molecular weight excluding hydrogens is 877 g/mol. The van der Waals surface area contributed by atoms with Crippen molar-refractivity contribution in [2.24, 2.45) is 0 Å². The molecule has 5 heterocycles. The molecule has 0 radical (unpaired) electrons. The van der Waals surface area contributed by atoms with Gasteiger partial charge in [0.15, 0.2) is 0 Å². The summed E-state index contributed by atoms with van der Waals surface area (Å²) >= 11 is 0. The Morgan fingerprint density at radius 3 is 0.901 bits per heavy atom. The number of para-hydroxylation sites is 2. The fourth-order valence-electron chi connectivity index (χ4n) is 11.3. The first kappa shape index (κ1) is 39.8. The minimum Gasteiger partial charge on any atom is -0.456 e. The van der Waals surface area contributed by atoms with Gasteiger partial charge in [-0.3, -0.25) is 0 Å². The monoisotopic (exact) mass is 918 g/mol. The smallest absolute Gasteiger partial charge is 0.137 e. The summed E-state index contributed by atoms with van der Waals surface area (Å²) in [6.07, 6.45) is 0. The van der Waals surface area contributed by atoms with Gasteiger partial charge in [0.2, 0.25) is 0 Å². The van der Waals surface area contributed by atoms with Crippen LogP contribution >= 0.6 is 0 Å². The highest BCUT2D eigenvalue weighted by atomic mass is 16.3. The van der Waals surface area contributed by atoms with Crippen LogP contribution in [0.5, 0.6) is 0 Å². The number of furan rings is 5. The fourth-order valence-corrected chi connectivity index (χ4v) is 11.3. The maximum Gasteiger partial charge on any atom is 0.137 e. The van der Waals surface area contributed by atoms with Crippen molar-refractivity contribution in [3.05, 3.63) is 204 Å². The largest absolute Gasteiger partial charge is 0.456 e. The number of hydrogen-bond donors (Lipinski definition) is 0. The molecule has 0 N–H and O–H groups in total. The van der Waals surface area contributed by atoms with E-state index in [9.17, 15) is 0 Å². The summed E-state index contributed by atoms with van der Waals surface area (Å²) in [6.45, 7) is 8.58. The van der Waals surface area contributed by atoms with Crippen molar-refractivity contribution in [2.45, 2.75) is 27.7 Å². The van der Waals surface area contributed by atoms with E-state index in [0.717, 1.165) is 144 Å². The predicted octanol–water partition coefficient (Wildman–Crippen LogP) is 19.4. The summed E-state index contributed by atoms with van der Waals surface area (Å²) in [6, 6.07) is 64.1. The topological polar surface area (TPSA) is 72.2 Å². The molecule has 15 aromatic rings. The maximum absolute atomic E-state index is 6.79. The van der Waals surface area contributed by atoms with Crippen molar-refractivity contribution in [1.82, 2.24) is 0 Å². The lowest BCUT2D eigenvalue weighted by atomic mass is 10.1. The van der Waals surface area contributed by atoms with E-state index in [1.165, 1.54) is 22.3 Å². The molecule has 0 saturated heterocycles. The molecule has 0 aliphatic heterocycles. The highest BCUT2D eigenvalue weighted by Crippen LogP contribution is 2.46. The minimum absolute atomic E-state index is 0.791. The van der Waals surface area contributed by atoms with E-state index in [-0.39, 0.29) is 0 Å². The number of anilines is 6. The zero-order chi connectivity index (χ0) is 47.2. The van der Waals surface area contributed by atoms with Crippen LogP contribution in [0.1, 0.15) is 22.3 Å². The Bertz CT molecular complexity index is 4390. The van der Waals surface area contributed by atoms with Crippen molar-refractivity contribution in [3.8, 4) is 0 Å². The first-order chi connectivity index (χ1) is 34.7. The highest BCUT2D eigenvalue weighted by Gasteiger charge is 2.22. The Morgan fingerprint density at radius 1 is 0.211 bits per heavy atom. The third kappa shape index (κ3) is 6.16. The van der Waals surface area contributed by atoms with Crippen molar-refractivity contribution < 1.29 is 22.1 Å². The Morgan fingerprint density at radius 2 is 0.493 bits per heavy atom. The molecule has 0 unspecified atom stereocenters. The number of nitrogens with zero attached hydrogens (tertiary/aromatic N) is 2. The van der Waals surface area contributed by atoms with E-state index >= 15 is 0 Å². The molecule has 71 heavy (non-hydrogen) atoms. The molecule has 0 aliphatic rings. The molecule has 0 atom stereocenters. The summed E-state index contributed by atoms with van der Waals surface area (Å²) in [4.78, 5) is 4.61. The quantitative estimate of drug-likeness (QED) is 0.164. The van der Waals surface area contributed by atoms with Crippen LogP contribution in [0, 0.1) is 27.7 Å². The van der Waals surface area contributed by atoms with Gasteiger partial charge in [-0.1, -0.05) is 48.5 Å². The molecule has 15 rings (SSSR count). The van der Waals surface area contributed by atoms with Gasteiger partial charge in [0.05, 0.1) is 0 Å². The van der Waals surface area contributed by atoms with Gasteiger partial charge < -0.3 is 31.9 Å². The van der Waals surface area contributed by atoms with Crippen LogP contribution in [0.2, 0.25) is 0 Å². The van der Waals surface area contributed by atoms with Gasteiger partial charge in [0.25, 0.3) is 0 Å². The van der Waals surface area contributed by atoms with E-state index in [1.54, 1.807) is 0 Å². The van der Waals surface area contributed by atoms with E-state index in [1.807, 2.05) is 24.3 Å². The fraction of sp³-hybridized carbons (Fsp3) is 0.0625. The Hall–Kier alpha value is -9.20. The van der Waals surface area contributed by atoms with Gasteiger partial charge in [-0.2, -0.15) is 0 Å². The molecule has 0 bridgehead atoms. The molecule has 0 amide bonds. The lowest BCUT2D eigenvalue weighted by Crippen LogP contribution is -2.10. The summed E-state index contributed by atoms with van der Waals surface area (Å²) < 4.78 is 32.7. The van der Waals surface area contributed by atoms with Crippen molar-refractivity contribution in [2.75, 3.05) is 9.80 Å². The van der Waals surface area contributed by atoms with E-state index in [2.05, 4.69) is 195 Å². The lowest BCUT2D eigenvalue weighted by Gasteiger charge is -2.26. The summed E-state index contributed by atoms with van der Waals surface area (Å²) in [5, 5.41) is 10.3. The number of benzene rings is 10. The van der Waals surface area contributed by atoms with E-state index in [4.69, 9.17) is 22.1 Å². The van der Waals surface area contributed by atoms with Gasteiger partial charge in [-0.05, 0) is 171 Å². The predicted molar refractivity (Wildman–Crippen MR) is 291 cm³/mol. The molecule has 0 fully saturated rings. The number of fused-ring (bicyclic) bond motifs is 15. The number of hydrogen-bond acceptors (Lipinski definition) is 7. The van der Waals surface area contributed by atoms with Crippen molar-refractivity contribution >= 4 is 144 Å². The first-order valence-corrected chi connectivity index (χ1v) is 24.0. The van der Waals surface area contributed by atoms with Crippen LogP contribution in [0.4, 0.5) is 34.1 Å². The molecule has 5 aromatic heterocycles. The molecular formula is C64H42N2O5. The number of rotatable bonds is 6. The van der Waals surface area contributed by atoms with Crippen LogP contribution in [0.25, 0.3) is 110 Å². The van der Waals surface area contributed by atoms with Gasteiger partial charge in [0, 0.05) is 100 Å². The second-order valence-electron chi connectivity index (χ2n) is 19.3. The third-order valence-corrected chi connectivity index (χ3v) is 14.3. The number of aryl methyl sites for hydroxylation is 4. The third-order valence-electron chi connectivity index (χ3n) is 14.3. The molecule has 0 saturated carbocycles. The molecule has 7 nitrogen and oxygen atoms in total. The van der Waals surface area contributed by atoms with Gasteiger partial charge in [-0.15, -0.1) is 0 Å². The average Bonchev–Trinajstić information content (AvgIpc) is 4.18. The standard InChI is InChI=1S/C64H42N2O5/c1-35-21-36(2)24-43(23-35)65(39-15-19-57-49(27-39)45-9-5-7-11-55(45)67-57)41-13-17-47-51-31-63-53(33-61(51)69-59(47)29-41)54-34-62-52(32-64(54)71-63)48-18-14-42(30-60(48)70-62)66(44-25-37(3)22-38(4)26-44)40-16-20-58-50(28-40)46-10-6-8-12-56(46)68-58/h5-34H,1-4H3. The minimum atomic E-state index is 0.791. The van der Waals surface area contributed by atoms with Gasteiger partial charge >= 0.3 is 0 Å². The van der Waals surface area contributed by atoms with Crippen LogP contribution in [0.3, 0.4) is 0 Å². The molecule has 7 heteroatoms. The van der Waals surface area contributed by atoms with Crippen LogP contribution in [-0.4, -0.2) is 0 Å². The van der Waals surface area contributed by atoms with Crippen LogP contribution in [0.15, 0.2) is 204 Å². The van der Waals surface area contributed by atoms with Crippen LogP contribution < -0.4 is 9.80 Å². The average molecular weight is 919 g/mol.